The first kappa shape index (κ1) is 20.0. The summed E-state index contributed by atoms with van der Waals surface area (Å²) >= 11 is 0. The zero-order valence-electron chi connectivity index (χ0n) is 15.8. The van der Waals surface area contributed by atoms with Gasteiger partial charge in [-0.3, -0.25) is 9.59 Å². The van der Waals surface area contributed by atoms with Crippen LogP contribution in [0.25, 0.3) is 0 Å². The summed E-state index contributed by atoms with van der Waals surface area (Å²) < 4.78 is 38.5. The van der Waals surface area contributed by atoms with Crippen molar-refractivity contribution in [1.29, 1.82) is 0 Å². The number of benzene rings is 2. The molecule has 0 spiro atoms. The number of rotatable bonds is 5. The Bertz CT molecular complexity index is 896. The van der Waals surface area contributed by atoms with E-state index in [-0.39, 0.29) is 26.1 Å². The van der Waals surface area contributed by atoms with Gasteiger partial charge in [0, 0.05) is 0 Å². The summed E-state index contributed by atoms with van der Waals surface area (Å²) in [6.07, 6.45) is 0.474. The highest BCUT2D eigenvalue weighted by atomic mass is 19.1. The minimum absolute atomic E-state index is 0.147. The third-order valence-electron chi connectivity index (χ3n) is 5.17. The van der Waals surface area contributed by atoms with Crippen molar-refractivity contribution >= 4 is 11.9 Å². The molecule has 2 atom stereocenters. The number of carbonyl (C=O) groups excluding carboxylic acids is 2. The number of halogens is 2. The molecule has 0 heterocycles. The fourth-order valence-electron chi connectivity index (χ4n) is 3.99. The van der Waals surface area contributed by atoms with Crippen LogP contribution >= 0.6 is 0 Å². The lowest BCUT2D eigenvalue weighted by atomic mass is 9.63. The van der Waals surface area contributed by atoms with Crippen molar-refractivity contribution in [3.63, 3.8) is 0 Å². The second-order valence-electron chi connectivity index (χ2n) is 6.71. The van der Waals surface area contributed by atoms with Crippen LogP contribution in [0.2, 0.25) is 0 Å². The molecule has 4 nitrogen and oxygen atoms in total. The zero-order valence-corrected chi connectivity index (χ0v) is 15.8. The summed E-state index contributed by atoms with van der Waals surface area (Å²) in [5, 5.41) is 0. The number of carbonyl (C=O) groups is 2. The quantitative estimate of drug-likeness (QED) is 0.719. The SMILES string of the molecule is CCOC(=O)[C@@H]1CC[C@](C(=O)OCC)(c2cccc(F)c2)c2ccc(F)cc21. The summed E-state index contributed by atoms with van der Waals surface area (Å²) in [5.74, 6) is -2.71. The van der Waals surface area contributed by atoms with Gasteiger partial charge in [-0.15, -0.1) is 0 Å². The van der Waals surface area contributed by atoms with Gasteiger partial charge < -0.3 is 9.47 Å². The van der Waals surface area contributed by atoms with E-state index in [1.165, 1.54) is 36.4 Å². The van der Waals surface area contributed by atoms with E-state index >= 15 is 0 Å². The second kappa shape index (κ2) is 8.09. The van der Waals surface area contributed by atoms with Gasteiger partial charge in [-0.2, -0.15) is 0 Å². The maximum atomic E-state index is 14.1. The van der Waals surface area contributed by atoms with Gasteiger partial charge >= 0.3 is 11.9 Å². The highest BCUT2D eigenvalue weighted by molar-refractivity contribution is 5.91. The van der Waals surface area contributed by atoms with Crippen LogP contribution in [0.5, 0.6) is 0 Å². The van der Waals surface area contributed by atoms with Crippen molar-refractivity contribution in [3.8, 4) is 0 Å². The molecular weight excluding hydrogens is 366 g/mol. The summed E-state index contributed by atoms with van der Waals surface area (Å²) in [4.78, 5) is 25.6. The average Bonchev–Trinajstić information content (AvgIpc) is 2.67. The molecule has 2 aromatic rings. The van der Waals surface area contributed by atoms with Crippen LogP contribution in [0, 0.1) is 11.6 Å². The van der Waals surface area contributed by atoms with E-state index in [9.17, 15) is 18.4 Å². The molecule has 0 saturated carbocycles. The van der Waals surface area contributed by atoms with E-state index in [0.717, 1.165) is 0 Å². The van der Waals surface area contributed by atoms with Gasteiger partial charge in [-0.25, -0.2) is 8.78 Å². The second-order valence-corrected chi connectivity index (χ2v) is 6.71. The minimum Gasteiger partial charge on any atom is -0.466 e. The molecule has 0 amide bonds. The molecule has 0 saturated heterocycles. The molecule has 0 aromatic heterocycles. The van der Waals surface area contributed by atoms with Gasteiger partial charge in [-0.05, 0) is 67.6 Å². The predicted octanol–water partition coefficient (Wildman–Crippen LogP) is 4.25. The van der Waals surface area contributed by atoms with Crippen LogP contribution < -0.4 is 0 Å². The first-order chi connectivity index (χ1) is 13.4. The molecule has 148 valence electrons. The van der Waals surface area contributed by atoms with E-state index in [1.54, 1.807) is 19.9 Å². The largest absolute Gasteiger partial charge is 0.466 e. The topological polar surface area (TPSA) is 52.6 Å². The Morgan fingerprint density at radius 3 is 2.43 bits per heavy atom. The number of hydrogen-bond acceptors (Lipinski definition) is 4. The lowest BCUT2D eigenvalue weighted by Gasteiger charge is -2.39. The van der Waals surface area contributed by atoms with Crippen molar-refractivity contribution in [2.45, 2.75) is 38.0 Å². The highest BCUT2D eigenvalue weighted by Gasteiger charge is 2.50. The number of esters is 2. The number of hydrogen-bond donors (Lipinski definition) is 0. The standard InChI is InChI=1S/C22H22F2O4/c1-3-27-20(25)17-10-11-22(21(26)28-4-2,14-6-5-7-15(23)12-14)19-9-8-16(24)13-18(17)19/h5-9,12-13,17H,3-4,10-11H2,1-2H3/t17-,22+/m1/s1. The Balaban J connectivity index is 2.24. The molecule has 0 bridgehead atoms. The molecule has 2 aromatic carbocycles. The summed E-state index contributed by atoms with van der Waals surface area (Å²) in [5.41, 5.74) is -0.0742. The van der Waals surface area contributed by atoms with E-state index in [1.807, 2.05) is 0 Å². The van der Waals surface area contributed by atoms with Crippen molar-refractivity contribution < 1.29 is 27.8 Å². The number of ether oxygens (including phenoxy) is 2. The maximum Gasteiger partial charge on any atom is 0.321 e. The Hall–Kier alpha value is -2.76. The fraction of sp³-hybridized carbons (Fsp3) is 0.364. The molecule has 0 fully saturated rings. The molecule has 6 heteroatoms. The van der Waals surface area contributed by atoms with Crippen LogP contribution in [0.3, 0.4) is 0 Å². The van der Waals surface area contributed by atoms with Gasteiger partial charge in [0.2, 0.25) is 0 Å². The first-order valence-electron chi connectivity index (χ1n) is 9.33. The van der Waals surface area contributed by atoms with Crippen LogP contribution in [0.4, 0.5) is 8.78 Å². The van der Waals surface area contributed by atoms with Gasteiger partial charge in [0.15, 0.2) is 0 Å². The van der Waals surface area contributed by atoms with Gasteiger partial charge in [0.05, 0.1) is 19.1 Å². The molecule has 1 aliphatic carbocycles. The highest BCUT2D eigenvalue weighted by Crippen LogP contribution is 2.48. The Labute approximate surface area is 162 Å². The molecular formula is C22H22F2O4. The van der Waals surface area contributed by atoms with E-state index in [4.69, 9.17) is 9.47 Å². The van der Waals surface area contributed by atoms with Gasteiger partial charge in [-0.1, -0.05) is 18.2 Å². The van der Waals surface area contributed by atoms with Crippen LogP contribution in [-0.4, -0.2) is 25.2 Å². The lowest BCUT2D eigenvalue weighted by molar-refractivity contribution is -0.151. The van der Waals surface area contributed by atoms with Crippen LogP contribution in [0.15, 0.2) is 42.5 Å². The van der Waals surface area contributed by atoms with Crippen molar-refractivity contribution in [2.24, 2.45) is 0 Å². The average molecular weight is 388 g/mol. The minimum atomic E-state index is -1.32. The maximum absolute atomic E-state index is 14.1. The molecule has 0 N–H and O–H groups in total. The third-order valence-corrected chi connectivity index (χ3v) is 5.17. The van der Waals surface area contributed by atoms with Crippen LogP contribution in [0.1, 0.15) is 49.3 Å². The molecule has 3 rings (SSSR count). The van der Waals surface area contributed by atoms with Gasteiger partial charge in [0.25, 0.3) is 0 Å². The van der Waals surface area contributed by atoms with Crippen molar-refractivity contribution in [3.05, 3.63) is 70.8 Å². The monoisotopic (exact) mass is 388 g/mol. The fourth-order valence-corrected chi connectivity index (χ4v) is 3.99. The first-order valence-corrected chi connectivity index (χ1v) is 9.33. The smallest absolute Gasteiger partial charge is 0.321 e. The lowest BCUT2D eigenvalue weighted by Crippen LogP contribution is -2.43. The molecule has 0 radical (unpaired) electrons. The third kappa shape index (κ3) is 3.39. The van der Waals surface area contributed by atoms with Gasteiger partial charge in [0.1, 0.15) is 17.0 Å². The molecule has 28 heavy (non-hydrogen) atoms. The van der Waals surface area contributed by atoms with E-state index in [0.29, 0.717) is 16.7 Å². The van der Waals surface area contributed by atoms with E-state index < -0.39 is 34.9 Å². The molecule has 1 aliphatic rings. The van der Waals surface area contributed by atoms with Crippen molar-refractivity contribution in [1.82, 2.24) is 0 Å². The summed E-state index contributed by atoms with van der Waals surface area (Å²) in [7, 11) is 0. The predicted molar refractivity (Wildman–Crippen MR) is 98.8 cm³/mol. The molecule has 0 aliphatic heterocycles. The summed E-state index contributed by atoms with van der Waals surface area (Å²) in [6, 6.07) is 9.72. The summed E-state index contributed by atoms with van der Waals surface area (Å²) in [6.45, 7) is 3.73. The Morgan fingerprint density at radius 2 is 1.75 bits per heavy atom. The number of fused-ring (bicyclic) bond motifs is 1. The zero-order chi connectivity index (χ0) is 20.3. The van der Waals surface area contributed by atoms with E-state index in [2.05, 4.69) is 0 Å². The molecule has 0 unspecified atom stereocenters. The Kier molecular flexibility index (Phi) is 5.77. The van der Waals surface area contributed by atoms with Crippen LogP contribution in [-0.2, 0) is 24.5 Å². The normalized spacial score (nSPS) is 20.9. The Morgan fingerprint density at radius 1 is 1.04 bits per heavy atom. The van der Waals surface area contributed by atoms with Crippen molar-refractivity contribution in [2.75, 3.05) is 13.2 Å².